The predicted molar refractivity (Wildman–Crippen MR) is 109 cm³/mol. The fraction of sp³-hybridized carbons (Fsp3) is 0.364. The molecule has 0 spiro atoms. The summed E-state index contributed by atoms with van der Waals surface area (Å²) in [4.78, 5) is 12.2. The van der Waals surface area contributed by atoms with Gasteiger partial charge in [0.1, 0.15) is 11.5 Å². The molecule has 0 aliphatic heterocycles. The molecule has 0 fully saturated rings. The second kappa shape index (κ2) is 11.0. The van der Waals surface area contributed by atoms with Gasteiger partial charge in [0.15, 0.2) is 0 Å². The van der Waals surface area contributed by atoms with E-state index < -0.39 is 0 Å². The van der Waals surface area contributed by atoms with E-state index in [2.05, 4.69) is 17.5 Å². The van der Waals surface area contributed by atoms with Crippen molar-refractivity contribution in [3.63, 3.8) is 0 Å². The zero-order valence-electron chi connectivity index (χ0n) is 16.3. The highest BCUT2D eigenvalue weighted by Crippen LogP contribution is 2.14. The smallest absolute Gasteiger partial charge is 0.271 e. The Hall–Kier alpha value is -2.82. The van der Waals surface area contributed by atoms with Crippen LogP contribution in [0.15, 0.2) is 53.6 Å². The average Bonchev–Trinajstić information content (AvgIpc) is 2.72. The zero-order valence-corrected chi connectivity index (χ0v) is 16.3. The van der Waals surface area contributed by atoms with Crippen molar-refractivity contribution in [3.05, 3.63) is 59.7 Å². The van der Waals surface area contributed by atoms with Gasteiger partial charge in [-0.05, 0) is 67.4 Å². The molecular weight excluding hydrogens is 340 g/mol. The lowest BCUT2D eigenvalue weighted by Crippen LogP contribution is -2.19. The van der Waals surface area contributed by atoms with Crippen LogP contribution >= 0.6 is 0 Å². The van der Waals surface area contributed by atoms with Gasteiger partial charge in [-0.15, -0.1) is 0 Å². The van der Waals surface area contributed by atoms with E-state index in [9.17, 15) is 4.79 Å². The molecule has 1 N–H and O–H groups in total. The summed E-state index contributed by atoms with van der Waals surface area (Å²) >= 11 is 0. The van der Waals surface area contributed by atoms with Crippen LogP contribution in [0.4, 0.5) is 0 Å². The van der Waals surface area contributed by atoms with Gasteiger partial charge in [0.2, 0.25) is 0 Å². The van der Waals surface area contributed by atoms with Gasteiger partial charge in [0.05, 0.1) is 19.4 Å². The van der Waals surface area contributed by atoms with Gasteiger partial charge in [-0.2, -0.15) is 5.10 Å². The largest absolute Gasteiger partial charge is 0.497 e. The van der Waals surface area contributed by atoms with Crippen LogP contribution in [0.5, 0.6) is 11.5 Å². The number of ether oxygens (including phenoxy) is 2. The van der Waals surface area contributed by atoms with Gasteiger partial charge in [0, 0.05) is 5.56 Å². The van der Waals surface area contributed by atoms with Crippen molar-refractivity contribution in [3.8, 4) is 11.5 Å². The fourth-order valence-electron chi connectivity index (χ4n) is 2.52. The van der Waals surface area contributed by atoms with Gasteiger partial charge in [-0.3, -0.25) is 4.79 Å². The molecule has 2 rings (SSSR count). The van der Waals surface area contributed by atoms with Crippen molar-refractivity contribution in [1.29, 1.82) is 0 Å². The molecule has 1 amide bonds. The summed E-state index contributed by atoms with van der Waals surface area (Å²) in [6.07, 6.45) is 4.68. The van der Waals surface area contributed by atoms with Crippen LogP contribution in [0.1, 0.15) is 55.5 Å². The highest BCUT2D eigenvalue weighted by molar-refractivity contribution is 6.00. The minimum atomic E-state index is -0.252. The van der Waals surface area contributed by atoms with Crippen molar-refractivity contribution in [2.75, 3.05) is 13.7 Å². The Morgan fingerprint density at radius 1 is 0.926 bits per heavy atom. The van der Waals surface area contributed by atoms with Crippen molar-refractivity contribution < 1.29 is 14.3 Å². The molecule has 0 unspecified atom stereocenters. The van der Waals surface area contributed by atoms with E-state index in [0.29, 0.717) is 12.2 Å². The summed E-state index contributed by atoms with van der Waals surface area (Å²) in [5.41, 5.74) is 4.77. The van der Waals surface area contributed by atoms with E-state index in [4.69, 9.17) is 9.47 Å². The summed E-state index contributed by atoms with van der Waals surface area (Å²) in [7, 11) is 1.62. The Morgan fingerprint density at radius 2 is 1.56 bits per heavy atom. The standard InChI is InChI=1S/C22H28N2O3/c1-4-5-6-7-16-27-21-14-10-19(11-15-21)22(25)24-23-17(2)18-8-12-20(26-3)13-9-18/h8-15H,4-7,16H2,1-3H3,(H,24,25). The summed E-state index contributed by atoms with van der Waals surface area (Å²) in [6.45, 7) is 4.74. The third-order valence-electron chi connectivity index (χ3n) is 4.22. The van der Waals surface area contributed by atoms with Crippen molar-refractivity contribution in [2.24, 2.45) is 5.10 Å². The van der Waals surface area contributed by atoms with Crippen LogP contribution in [0, 0.1) is 0 Å². The summed E-state index contributed by atoms with van der Waals surface area (Å²) in [6, 6.07) is 14.6. The number of nitrogens with one attached hydrogen (secondary N) is 1. The van der Waals surface area contributed by atoms with Gasteiger partial charge in [-0.1, -0.05) is 26.2 Å². The van der Waals surface area contributed by atoms with Crippen LogP contribution in [0.25, 0.3) is 0 Å². The maximum absolute atomic E-state index is 12.2. The monoisotopic (exact) mass is 368 g/mol. The maximum atomic E-state index is 12.2. The first-order valence-corrected chi connectivity index (χ1v) is 9.36. The van der Waals surface area contributed by atoms with Crippen molar-refractivity contribution >= 4 is 11.6 Å². The molecule has 5 nitrogen and oxygen atoms in total. The van der Waals surface area contributed by atoms with Crippen molar-refractivity contribution in [2.45, 2.75) is 39.5 Å². The van der Waals surface area contributed by atoms with E-state index in [1.54, 1.807) is 19.2 Å². The normalized spacial score (nSPS) is 11.1. The highest BCUT2D eigenvalue weighted by atomic mass is 16.5. The zero-order chi connectivity index (χ0) is 19.5. The summed E-state index contributed by atoms with van der Waals surface area (Å²) in [5.74, 6) is 1.31. The third-order valence-corrected chi connectivity index (χ3v) is 4.22. The lowest BCUT2D eigenvalue weighted by molar-refractivity contribution is 0.0955. The van der Waals surface area contributed by atoms with Crippen LogP contribution in [-0.4, -0.2) is 25.3 Å². The Labute approximate surface area is 161 Å². The minimum Gasteiger partial charge on any atom is -0.497 e. The fourth-order valence-corrected chi connectivity index (χ4v) is 2.52. The Kier molecular flexibility index (Phi) is 8.36. The lowest BCUT2D eigenvalue weighted by Gasteiger charge is -2.07. The Bertz CT molecular complexity index is 737. The number of hydrogen-bond donors (Lipinski definition) is 1. The predicted octanol–water partition coefficient (Wildman–Crippen LogP) is 4.81. The van der Waals surface area contributed by atoms with E-state index in [1.807, 2.05) is 43.3 Å². The molecule has 0 aromatic heterocycles. The molecule has 0 aliphatic carbocycles. The summed E-state index contributed by atoms with van der Waals surface area (Å²) < 4.78 is 10.8. The molecule has 0 atom stereocenters. The number of amides is 1. The molecule has 2 aromatic rings. The van der Waals surface area contributed by atoms with Gasteiger partial charge in [0.25, 0.3) is 5.91 Å². The molecule has 0 bridgehead atoms. The number of benzene rings is 2. The van der Waals surface area contributed by atoms with Gasteiger partial charge < -0.3 is 9.47 Å². The van der Waals surface area contributed by atoms with Gasteiger partial charge >= 0.3 is 0 Å². The highest BCUT2D eigenvalue weighted by Gasteiger charge is 2.06. The number of carbonyl (C=O) groups is 1. The first kappa shape index (κ1) is 20.5. The topological polar surface area (TPSA) is 59.9 Å². The summed E-state index contributed by atoms with van der Waals surface area (Å²) in [5, 5.41) is 4.17. The number of hydrazone groups is 1. The maximum Gasteiger partial charge on any atom is 0.271 e. The van der Waals surface area contributed by atoms with E-state index in [0.717, 1.165) is 29.2 Å². The van der Waals surface area contributed by atoms with E-state index in [-0.39, 0.29) is 5.91 Å². The van der Waals surface area contributed by atoms with Crippen LogP contribution in [0.3, 0.4) is 0 Å². The molecule has 0 saturated carbocycles. The first-order valence-electron chi connectivity index (χ1n) is 9.36. The molecule has 0 saturated heterocycles. The number of hydrogen-bond acceptors (Lipinski definition) is 4. The second-order valence-corrected chi connectivity index (χ2v) is 6.30. The molecule has 27 heavy (non-hydrogen) atoms. The first-order chi connectivity index (χ1) is 13.1. The van der Waals surface area contributed by atoms with Crippen LogP contribution in [0.2, 0.25) is 0 Å². The minimum absolute atomic E-state index is 0.252. The number of rotatable bonds is 10. The van der Waals surface area contributed by atoms with Crippen molar-refractivity contribution in [1.82, 2.24) is 5.43 Å². The third kappa shape index (κ3) is 6.77. The lowest BCUT2D eigenvalue weighted by atomic mass is 10.1. The Morgan fingerprint density at radius 3 is 2.19 bits per heavy atom. The van der Waals surface area contributed by atoms with E-state index >= 15 is 0 Å². The van der Waals surface area contributed by atoms with Gasteiger partial charge in [-0.25, -0.2) is 5.43 Å². The number of carbonyl (C=O) groups excluding carboxylic acids is 1. The number of methoxy groups -OCH3 is 1. The molecular formula is C22H28N2O3. The molecule has 2 aromatic carbocycles. The van der Waals surface area contributed by atoms with Crippen LogP contribution < -0.4 is 14.9 Å². The molecule has 5 heteroatoms. The average molecular weight is 368 g/mol. The molecule has 0 aliphatic rings. The second-order valence-electron chi connectivity index (χ2n) is 6.30. The Balaban J connectivity index is 1.85. The number of unbranched alkanes of at least 4 members (excludes halogenated alkanes) is 3. The molecule has 0 radical (unpaired) electrons. The molecule has 0 heterocycles. The quantitative estimate of drug-likeness (QED) is 0.372. The van der Waals surface area contributed by atoms with E-state index in [1.165, 1.54) is 19.3 Å². The molecule has 144 valence electrons. The van der Waals surface area contributed by atoms with Crippen LogP contribution in [-0.2, 0) is 0 Å². The number of nitrogens with zero attached hydrogens (tertiary/aromatic N) is 1. The SMILES string of the molecule is CCCCCCOc1ccc(C(=O)NN=C(C)c2ccc(OC)cc2)cc1.